The normalized spacial score (nSPS) is 7.38. The van der Waals surface area contributed by atoms with Crippen molar-refractivity contribution in [3.8, 4) is 0 Å². The molecular formula is O4PRb3. The summed E-state index contributed by atoms with van der Waals surface area (Å²) < 4.78 is 8.55. The predicted octanol–water partition coefficient (Wildman–Crippen LogP) is -11.8. The van der Waals surface area contributed by atoms with Gasteiger partial charge in [0.25, 0.3) is 0 Å². The fourth-order valence-corrected chi connectivity index (χ4v) is 0. The Labute approximate surface area is 194 Å². The zero-order valence-corrected chi connectivity index (χ0v) is 20.7. The van der Waals surface area contributed by atoms with Crippen LogP contribution in [0.3, 0.4) is 0 Å². The van der Waals surface area contributed by atoms with Crippen molar-refractivity contribution in [2.45, 2.75) is 0 Å². The molecule has 0 N–H and O–H groups in total. The van der Waals surface area contributed by atoms with Gasteiger partial charge in [-0.3, -0.25) is 0 Å². The molecule has 0 amide bonds. The molecule has 4 nitrogen and oxygen atoms in total. The largest absolute Gasteiger partial charge is 1.00 e. The number of hydrogen-bond donors (Lipinski definition) is 0. The van der Waals surface area contributed by atoms with Crippen LogP contribution in [0.25, 0.3) is 0 Å². The second-order valence-corrected chi connectivity index (χ2v) is 1.34. The van der Waals surface area contributed by atoms with Crippen molar-refractivity contribution >= 4 is 7.82 Å². The Hall–Kier alpha value is 5.53. The fraction of sp³-hybridized carbons (Fsp3) is 0. The van der Waals surface area contributed by atoms with Crippen LogP contribution in [0.15, 0.2) is 0 Å². The van der Waals surface area contributed by atoms with E-state index in [1.165, 1.54) is 0 Å². The Morgan fingerprint density at radius 2 is 0.875 bits per heavy atom. The average molecular weight is 351 g/mol. The van der Waals surface area contributed by atoms with Crippen molar-refractivity contribution < 1.29 is 194 Å². The molecule has 0 rings (SSSR count). The van der Waals surface area contributed by atoms with E-state index in [0.29, 0.717) is 0 Å². The smallest absolute Gasteiger partial charge is 0.822 e. The van der Waals surface area contributed by atoms with Gasteiger partial charge in [0.05, 0.1) is 0 Å². The Balaban J connectivity index is -0.0000000267. The Morgan fingerprint density at radius 3 is 0.875 bits per heavy atom. The fourth-order valence-electron chi connectivity index (χ4n) is 0. The van der Waals surface area contributed by atoms with Gasteiger partial charge in [-0.25, -0.2) is 0 Å². The van der Waals surface area contributed by atoms with Gasteiger partial charge in [0.1, 0.15) is 0 Å². The van der Waals surface area contributed by atoms with Gasteiger partial charge in [0, 0.05) is 0 Å². The molecule has 32 valence electrons. The molecule has 0 saturated carbocycles. The van der Waals surface area contributed by atoms with Crippen LogP contribution in [-0.4, -0.2) is 0 Å². The van der Waals surface area contributed by atoms with Crippen LogP contribution in [0, 0.1) is 0 Å². The van der Waals surface area contributed by atoms with E-state index >= 15 is 0 Å². The standard InChI is InChI=1S/H3O4P.3Rb/c1-5(2,3)4;;;/h(H3,1,2,3,4);;;/q;3*+1/p-3. The molecule has 0 aliphatic heterocycles. The molecule has 0 aromatic rings. The van der Waals surface area contributed by atoms with E-state index in [9.17, 15) is 0 Å². The molecule has 0 aliphatic carbocycles. The third kappa shape index (κ3) is 41.8. The van der Waals surface area contributed by atoms with Crippen LogP contribution >= 0.6 is 7.82 Å². The predicted molar refractivity (Wildman–Crippen MR) is 7.61 cm³/mol. The molecule has 8 heteroatoms. The number of hydrogen-bond acceptors (Lipinski definition) is 4. The van der Waals surface area contributed by atoms with Crippen molar-refractivity contribution in [3.05, 3.63) is 0 Å². The van der Waals surface area contributed by atoms with Crippen molar-refractivity contribution in [2.75, 3.05) is 0 Å². The zero-order chi connectivity index (χ0) is 4.50. The van der Waals surface area contributed by atoms with Gasteiger partial charge >= 0.3 is 175 Å². The van der Waals surface area contributed by atoms with Gasteiger partial charge in [-0.05, 0) is 0 Å². The minimum absolute atomic E-state index is 0. The summed E-state index contributed by atoms with van der Waals surface area (Å²) in [5.74, 6) is 0. The third-order valence-electron chi connectivity index (χ3n) is 0. The van der Waals surface area contributed by atoms with Gasteiger partial charge in [0.15, 0.2) is 0 Å². The van der Waals surface area contributed by atoms with Crippen molar-refractivity contribution in [2.24, 2.45) is 0 Å². The maximum absolute atomic E-state index is 8.55. The maximum atomic E-state index is 8.55. The average Bonchev–Trinajstić information content (AvgIpc) is 0.722. The Kier molecular flexibility index (Phi) is 36.6. The summed E-state index contributed by atoms with van der Waals surface area (Å²) in [6.45, 7) is 0. The van der Waals surface area contributed by atoms with Gasteiger partial charge in [-0.2, -0.15) is 7.82 Å². The second kappa shape index (κ2) is 12.5. The Morgan fingerprint density at radius 1 is 0.875 bits per heavy atom. The molecular weight excluding hydrogens is 351 g/mol. The topological polar surface area (TPSA) is 86.2 Å². The maximum Gasteiger partial charge on any atom is 1.00 e. The molecule has 0 aromatic carbocycles. The molecule has 0 aromatic heterocycles. The molecule has 0 aliphatic rings. The van der Waals surface area contributed by atoms with Crippen molar-refractivity contribution in [1.29, 1.82) is 0 Å². The molecule has 0 atom stereocenters. The first kappa shape index (κ1) is 23.4. The minimum Gasteiger partial charge on any atom is -0.822 e. The molecule has 8 heavy (non-hydrogen) atoms. The first-order valence-corrected chi connectivity index (χ1v) is 2.19. The summed E-state index contributed by atoms with van der Waals surface area (Å²) in [6.07, 6.45) is 0. The molecule has 0 spiro atoms. The minimum atomic E-state index is -5.39. The van der Waals surface area contributed by atoms with E-state index in [0.717, 1.165) is 0 Å². The van der Waals surface area contributed by atoms with E-state index in [-0.39, 0.29) is 175 Å². The van der Waals surface area contributed by atoms with Crippen LogP contribution < -0.4 is 189 Å². The molecule has 0 bridgehead atoms. The van der Waals surface area contributed by atoms with Gasteiger partial charge in [-0.15, -0.1) is 0 Å². The van der Waals surface area contributed by atoms with E-state index in [1.807, 2.05) is 0 Å². The number of rotatable bonds is 0. The van der Waals surface area contributed by atoms with E-state index in [2.05, 4.69) is 0 Å². The monoisotopic (exact) mass is 350 g/mol. The van der Waals surface area contributed by atoms with Crippen molar-refractivity contribution in [3.63, 3.8) is 0 Å². The molecule has 0 radical (unpaired) electrons. The zero-order valence-electron chi connectivity index (χ0n) is 5.08. The quantitative estimate of drug-likeness (QED) is 0.406. The van der Waals surface area contributed by atoms with Crippen LogP contribution in [0.2, 0.25) is 0 Å². The summed E-state index contributed by atoms with van der Waals surface area (Å²) in [4.78, 5) is 25.6. The van der Waals surface area contributed by atoms with Gasteiger partial charge < -0.3 is 19.2 Å². The molecule has 0 saturated heterocycles. The van der Waals surface area contributed by atoms with E-state index < -0.39 is 7.82 Å². The van der Waals surface area contributed by atoms with E-state index in [4.69, 9.17) is 19.2 Å². The summed E-state index contributed by atoms with van der Waals surface area (Å²) >= 11 is 0. The van der Waals surface area contributed by atoms with Gasteiger partial charge in [0.2, 0.25) is 0 Å². The summed E-state index contributed by atoms with van der Waals surface area (Å²) in [5.41, 5.74) is 0. The molecule has 0 unspecified atom stereocenters. The van der Waals surface area contributed by atoms with Crippen molar-refractivity contribution in [1.82, 2.24) is 0 Å². The summed E-state index contributed by atoms with van der Waals surface area (Å²) in [7, 11) is -5.39. The second-order valence-electron chi connectivity index (χ2n) is 0.447. The SMILES string of the molecule is O=P([O-])([O-])[O-].[Rb+].[Rb+].[Rb+]. The Bertz CT molecular complexity index is 57.4. The van der Waals surface area contributed by atoms with Crippen LogP contribution in [0.5, 0.6) is 0 Å². The molecule has 0 fully saturated rings. The van der Waals surface area contributed by atoms with Crippen LogP contribution in [-0.2, 0) is 4.57 Å². The first-order valence-electron chi connectivity index (χ1n) is 0.730. The third-order valence-corrected chi connectivity index (χ3v) is 0. The number of phosphoric acid groups is 1. The summed E-state index contributed by atoms with van der Waals surface area (Å²) in [5, 5.41) is 0. The summed E-state index contributed by atoms with van der Waals surface area (Å²) in [6, 6.07) is 0. The molecule has 0 heterocycles. The van der Waals surface area contributed by atoms with E-state index in [1.54, 1.807) is 0 Å². The van der Waals surface area contributed by atoms with Gasteiger partial charge in [-0.1, -0.05) is 0 Å². The van der Waals surface area contributed by atoms with Crippen LogP contribution in [0.1, 0.15) is 0 Å². The van der Waals surface area contributed by atoms with Crippen LogP contribution in [0.4, 0.5) is 0 Å². The first-order chi connectivity index (χ1) is 2.00.